The monoisotopic (exact) mass is 283 g/mol. The number of hydrogen-bond acceptors (Lipinski definition) is 5. The van der Waals surface area contributed by atoms with Crippen molar-refractivity contribution in [1.29, 1.82) is 0 Å². The third-order valence-corrected chi connectivity index (χ3v) is 3.61. The lowest BCUT2D eigenvalue weighted by Crippen LogP contribution is -2.50. The van der Waals surface area contributed by atoms with Crippen LogP contribution in [-0.2, 0) is 17.6 Å². The van der Waals surface area contributed by atoms with Gasteiger partial charge in [-0.15, -0.1) is 0 Å². The lowest BCUT2D eigenvalue weighted by atomic mass is 9.93. The van der Waals surface area contributed by atoms with E-state index in [-0.39, 0.29) is 18.9 Å². The number of aliphatic hydroxyl groups excluding tert-OH is 1. The standard InChI is InChI=1S/C14H25N3O3/c1-4-7-11-15-13(20-17-11)9-8-12(19)16-14(5-2,6-3)10-18/h18H,4-10H2,1-3H3,(H,16,19). The summed E-state index contributed by atoms with van der Waals surface area (Å²) in [5, 5.41) is 16.2. The van der Waals surface area contributed by atoms with Crippen molar-refractivity contribution < 1.29 is 14.4 Å². The van der Waals surface area contributed by atoms with E-state index in [0.29, 0.717) is 31.0 Å². The van der Waals surface area contributed by atoms with E-state index in [1.54, 1.807) is 0 Å². The first-order valence-corrected chi connectivity index (χ1v) is 7.32. The molecular weight excluding hydrogens is 258 g/mol. The molecule has 1 amide bonds. The number of nitrogens with one attached hydrogen (secondary N) is 1. The van der Waals surface area contributed by atoms with E-state index >= 15 is 0 Å². The maximum Gasteiger partial charge on any atom is 0.227 e. The van der Waals surface area contributed by atoms with E-state index in [2.05, 4.69) is 15.5 Å². The molecule has 0 atom stereocenters. The van der Waals surface area contributed by atoms with Crippen LogP contribution in [0.4, 0.5) is 0 Å². The maximum absolute atomic E-state index is 11.9. The Labute approximate surface area is 120 Å². The highest BCUT2D eigenvalue weighted by Crippen LogP contribution is 2.14. The van der Waals surface area contributed by atoms with Crippen LogP contribution < -0.4 is 5.32 Å². The van der Waals surface area contributed by atoms with Crippen molar-refractivity contribution in [2.75, 3.05) is 6.61 Å². The van der Waals surface area contributed by atoms with Gasteiger partial charge < -0.3 is 14.9 Å². The number of carbonyl (C=O) groups is 1. The first-order valence-electron chi connectivity index (χ1n) is 7.32. The molecular formula is C14H25N3O3. The second-order valence-electron chi connectivity index (χ2n) is 5.05. The molecule has 0 aromatic carbocycles. The average molecular weight is 283 g/mol. The predicted octanol–water partition coefficient (Wildman–Crippen LogP) is 1.62. The van der Waals surface area contributed by atoms with Gasteiger partial charge in [-0.3, -0.25) is 4.79 Å². The molecule has 1 aromatic rings. The highest BCUT2D eigenvalue weighted by atomic mass is 16.5. The SMILES string of the molecule is CCCc1noc(CCC(=O)NC(CC)(CC)CO)n1. The molecule has 0 spiro atoms. The van der Waals surface area contributed by atoms with E-state index in [1.807, 2.05) is 20.8 Å². The lowest BCUT2D eigenvalue weighted by molar-refractivity contribution is -0.123. The van der Waals surface area contributed by atoms with Crippen LogP contribution in [0, 0.1) is 0 Å². The van der Waals surface area contributed by atoms with Crippen LogP contribution in [-0.4, -0.2) is 33.3 Å². The van der Waals surface area contributed by atoms with Gasteiger partial charge in [-0.2, -0.15) is 4.98 Å². The lowest BCUT2D eigenvalue weighted by Gasteiger charge is -2.30. The number of carbonyl (C=O) groups excluding carboxylic acids is 1. The summed E-state index contributed by atoms with van der Waals surface area (Å²) < 4.78 is 5.09. The zero-order valence-electron chi connectivity index (χ0n) is 12.6. The Morgan fingerprint density at radius 2 is 2.00 bits per heavy atom. The van der Waals surface area contributed by atoms with Crippen LogP contribution in [0.1, 0.15) is 58.2 Å². The molecule has 0 fully saturated rings. The van der Waals surface area contributed by atoms with E-state index < -0.39 is 5.54 Å². The van der Waals surface area contributed by atoms with Gasteiger partial charge in [0.1, 0.15) is 0 Å². The zero-order chi connectivity index (χ0) is 15.0. The largest absolute Gasteiger partial charge is 0.394 e. The Balaban J connectivity index is 2.46. The van der Waals surface area contributed by atoms with Gasteiger partial charge in [-0.05, 0) is 19.3 Å². The molecule has 0 aliphatic rings. The molecule has 6 heteroatoms. The third-order valence-electron chi connectivity index (χ3n) is 3.61. The Hall–Kier alpha value is -1.43. The summed E-state index contributed by atoms with van der Waals surface area (Å²) in [5.41, 5.74) is -0.515. The molecule has 0 unspecified atom stereocenters. The minimum Gasteiger partial charge on any atom is -0.394 e. The molecule has 0 aliphatic carbocycles. The number of hydrogen-bond donors (Lipinski definition) is 2. The second-order valence-corrected chi connectivity index (χ2v) is 5.05. The molecule has 0 radical (unpaired) electrons. The van der Waals surface area contributed by atoms with E-state index in [0.717, 1.165) is 12.8 Å². The molecule has 1 aromatic heterocycles. The molecule has 0 saturated carbocycles. The molecule has 20 heavy (non-hydrogen) atoms. The summed E-state index contributed by atoms with van der Waals surface area (Å²) in [4.78, 5) is 16.2. The van der Waals surface area contributed by atoms with Gasteiger partial charge in [-0.25, -0.2) is 0 Å². The van der Waals surface area contributed by atoms with Crippen LogP contribution in [0.5, 0.6) is 0 Å². The van der Waals surface area contributed by atoms with Crippen LogP contribution in [0.15, 0.2) is 4.52 Å². The summed E-state index contributed by atoms with van der Waals surface area (Å²) in [6.07, 6.45) is 3.87. The van der Waals surface area contributed by atoms with Crippen molar-refractivity contribution in [2.45, 2.75) is 64.8 Å². The van der Waals surface area contributed by atoms with Gasteiger partial charge in [0.25, 0.3) is 0 Å². The van der Waals surface area contributed by atoms with Crippen molar-refractivity contribution in [2.24, 2.45) is 0 Å². The second kappa shape index (κ2) is 7.99. The Kier molecular flexibility index (Phi) is 6.64. The van der Waals surface area contributed by atoms with Crippen LogP contribution in [0.25, 0.3) is 0 Å². The molecule has 6 nitrogen and oxygen atoms in total. The summed E-state index contributed by atoms with van der Waals surface area (Å²) in [7, 11) is 0. The fourth-order valence-electron chi connectivity index (χ4n) is 1.99. The van der Waals surface area contributed by atoms with Crippen molar-refractivity contribution in [3.8, 4) is 0 Å². The van der Waals surface area contributed by atoms with E-state index in [9.17, 15) is 9.90 Å². The average Bonchev–Trinajstić information content (AvgIpc) is 2.91. The van der Waals surface area contributed by atoms with E-state index in [4.69, 9.17) is 4.52 Å². The van der Waals surface area contributed by atoms with Crippen molar-refractivity contribution in [3.63, 3.8) is 0 Å². The topological polar surface area (TPSA) is 88.2 Å². The third kappa shape index (κ3) is 4.59. The normalized spacial score (nSPS) is 11.6. The molecule has 0 bridgehead atoms. The minimum absolute atomic E-state index is 0.0487. The predicted molar refractivity (Wildman–Crippen MR) is 75.2 cm³/mol. The van der Waals surface area contributed by atoms with Gasteiger partial charge in [0.15, 0.2) is 5.82 Å². The van der Waals surface area contributed by atoms with Crippen molar-refractivity contribution in [1.82, 2.24) is 15.5 Å². The highest BCUT2D eigenvalue weighted by Gasteiger charge is 2.27. The van der Waals surface area contributed by atoms with Gasteiger partial charge >= 0.3 is 0 Å². The van der Waals surface area contributed by atoms with Crippen LogP contribution >= 0.6 is 0 Å². The molecule has 0 saturated heterocycles. The maximum atomic E-state index is 11.9. The summed E-state index contributed by atoms with van der Waals surface area (Å²) >= 11 is 0. The summed E-state index contributed by atoms with van der Waals surface area (Å²) in [6.45, 7) is 5.91. The Bertz CT molecular complexity index is 405. The van der Waals surface area contributed by atoms with Gasteiger partial charge in [-0.1, -0.05) is 25.9 Å². The smallest absolute Gasteiger partial charge is 0.227 e. The number of aryl methyl sites for hydroxylation is 2. The van der Waals surface area contributed by atoms with Gasteiger partial charge in [0, 0.05) is 19.3 Å². The number of aromatic nitrogens is 2. The molecule has 0 aliphatic heterocycles. The highest BCUT2D eigenvalue weighted by molar-refractivity contribution is 5.76. The van der Waals surface area contributed by atoms with Crippen molar-refractivity contribution in [3.05, 3.63) is 11.7 Å². The minimum atomic E-state index is -0.515. The fraction of sp³-hybridized carbons (Fsp3) is 0.786. The number of rotatable bonds is 9. The van der Waals surface area contributed by atoms with Gasteiger partial charge in [0.2, 0.25) is 11.8 Å². The first kappa shape index (κ1) is 16.6. The summed E-state index contributed by atoms with van der Waals surface area (Å²) in [5.74, 6) is 1.08. The number of nitrogens with zero attached hydrogens (tertiary/aromatic N) is 2. The molecule has 114 valence electrons. The fourth-order valence-corrected chi connectivity index (χ4v) is 1.99. The number of amides is 1. The first-order chi connectivity index (χ1) is 9.59. The van der Waals surface area contributed by atoms with Crippen molar-refractivity contribution >= 4 is 5.91 Å². The van der Waals surface area contributed by atoms with Gasteiger partial charge in [0.05, 0.1) is 12.1 Å². The number of aliphatic hydroxyl groups is 1. The van der Waals surface area contributed by atoms with Crippen LogP contribution in [0.3, 0.4) is 0 Å². The zero-order valence-corrected chi connectivity index (χ0v) is 12.6. The Morgan fingerprint density at radius 1 is 1.30 bits per heavy atom. The van der Waals surface area contributed by atoms with Crippen LogP contribution in [0.2, 0.25) is 0 Å². The molecule has 1 heterocycles. The molecule has 2 N–H and O–H groups in total. The van der Waals surface area contributed by atoms with E-state index in [1.165, 1.54) is 0 Å². The molecule has 1 rings (SSSR count). The summed E-state index contributed by atoms with van der Waals surface area (Å²) in [6, 6.07) is 0. The Morgan fingerprint density at radius 3 is 2.55 bits per heavy atom. The quantitative estimate of drug-likeness (QED) is 0.719.